The van der Waals surface area contributed by atoms with E-state index in [1.807, 2.05) is 0 Å². The lowest BCUT2D eigenvalue weighted by Crippen LogP contribution is -2.34. The van der Waals surface area contributed by atoms with Crippen LogP contribution in [0.25, 0.3) is 0 Å². The van der Waals surface area contributed by atoms with Gasteiger partial charge >= 0.3 is 6.03 Å². The Morgan fingerprint density at radius 2 is 2.17 bits per heavy atom. The quantitative estimate of drug-likeness (QED) is 0.566. The Morgan fingerprint density at radius 3 is 2.72 bits per heavy atom. The molecule has 0 aromatic heterocycles. The minimum Gasteiger partial charge on any atom is -0.388 e. The lowest BCUT2D eigenvalue weighted by molar-refractivity contribution is 0.223. The molecule has 0 fully saturated rings. The number of urea groups is 1. The molecule has 2 amide bonds. The van der Waals surface area contributed by atoms with Gasteiger partial charge in [0.2, 0.25) is 0 Å². The molecule has 1 aromatic rings. The third-order valence-corrected chi connectivity index (χ3v) is 2.24. The largest absolute Gasteiger partial charge is 0.388 e. The molecule has 0 bridgehead atoms. The van der Waals surface area contributed by atoms with E-state index in [2.05, 4.69) is 5.32 Å². The first-order valence-electron chi connectivity index (χ1n) is 5.20. The van der Waals surface area contributed by atoms with Gasteiger partial charge in [-0.25, -0.2) is 13.6 Å². The number of amidine groups is 1. The standard InChI is InChI=1S/C11H14F2N4O/c1-17(5-4-10(14)15)11(18)16-9-3-2-7(12)6-8(9)13/h2-3,6H,4-5H2,1H3,(H3,14,15)(H,16,18). The molecule has 0 aliphatic heterocycles. The van der Waals surface area contributed by atoms with Crippen LogP contribution < -0.4 is 11.1 Å². The Hall–Kier alpha value is -2.18. The topological polar surface area (TPSA) is 82.2 Å². The zero-order valence-electron chi connectivity index (χ0n) is 9.84. The maximum atomic E-state index is 13.3. The van der Waals surface area contributed by atoms with Crippen molar-refractivity contribution < 1.29 is 13.6 Å². The summed E-state index contributed by atoms with van der Waals surface area (Å²) in [6.45, 7) is 0.240. The molecule has 1 aromatic carbocycles. The number of amides is 2. The van der Waals surface area contributed by atoms with Crippen molar-refractivity contribution in [1.82, 2.24) is 4.90 Å². The molecular formula is C11H14F2N4O. The molecule has 0 atom stereocenters. The molecule has 0 unspecified atom stereocenters. The highest BCUT2D eigenvalue weighted by Gasteiger charge is 2.11. The zero-order valence-corrected chi connectivity index (χ0v) is 9.84. The molecule has 0 heterocycles. The first-order chi connectivity index (χ1) is 8.40. The number of anilines is 1. The van der Waals surface area contributed by atoms with Crippen molar-refractivity contribution in [2.75, 3.05) is 18.9 Å². The predicted octanol–water partition coefficient (Wildman–Crippen LogP) is 1.75. The monoisotopic (exact) mass is 256 g/mol. The molecule has 0 spiro atoms. The van der Waals surface area contributed by atoms with Crippen molar-refractivity contribution in [3.05, 3.63) is 29.8 Å². The van der Waals surface area contributed by atoms with Gasteiger partial charge in [0.1, 0.15) is 11.6 Å². The summed E-state index contributed by atoms with van der Waals surface area (Å²) in [4.78, 5) is 12.9. The molecule has 1 rings (SSSR count). The van der Waals surface area contributed by atoms with Crippen molar-refractivity contribution in [3.63, 3.8) is 0 Å². The van der Waals surface area contributed by atoms with Crippen LogP contribution >= 0.6 is 0 Å². The SMILES string of the molecule is CN(CCC(=N)N)C(=O)Nc1ccc(F)cc1F. The summed E-state index contributed by atoms with van der Waals surface area (Å²) >= 11 is 0. The van der Waals surface area contributed by atoms with Crippen LogP contribution in [0, 0.1) is 17.0 Å². The van der Waals surface area contributed by atoms with Gasteiger partial charge in [0, 0.05) is 26.1 Å². The van der Waals surface area contributed by atoms with Crippen LogP contribution in [0.15, 0.2) is 18.2 Å². The Kier molecular flexibility index (Phi) is 4.59. The van der Waals surface area contributed by atoms with Crippen LogP contribution in [0.1, 0.15) is 6.42 Å². The van der Waals surface area contributed by atoms with Crippen molar-refractivity contribution in [2.24, 2.45) is 5.73 Å². The molecule has 0 aliphatic rings. The van der Waals surface area contributed by atoms with Gasteiger partial charge in [-0.2, -0.15) is 0 Å². The van der Waals surface area contributed by atoms with Gasteiger partial charge in [0.25, 0.3) is 0 Å². The van der Waals surface area contributed by atoms with E-state index in [4.69, 9.17) is 11.1 Å². The van der Waals surface area contributed by atoms with Gasteiger partial charge in [-0.3, -0.25) is 5.41 Å². The van der Waals surface area contributed by atoms with E-state index in [9.17, 15) is 13.6 Å². The number of benzene rings is 1. The van der Waals surface area contributed by atoms with Gasteiger partial charge in [-0.15, -0.1) is 0 Å². The molecule has 18 heavy (non-hydrogen) atoms. The van der Waals surface area contributed by atoms with Crippen molar-refractivity contribution in [2.45, 2.75) is 6.42 Å². The maximum absolute atomic E-state index is 13.3. The van der Waals surface area contributed by atoms with Crippen LogP contribution in [0.3, 0.4) is 0 Å². The molecular weight excluding hydrogens is 242 g/mol. The second-order valence-corrected chi connectivity index (χ2v) is 3.75. The summed E-state index contributed by atoms with van der Waals surface area (Å²) in [5, 5.41) is 9.32. The molecule has 98 valence electrons. The normalized spacial score (nSPS) is 9.94. The number of nitrogens with two attached hydrogens (primary N) is 1. The smallest absolute Gasteiger partial charge is 0.321 e. The first-order valence-corrected chi connectivity index (χ1v) is 5.20. The summed E-state index contributed by atoms with van der Waals surface area (Å²) in [6.07, 6.45) is 0.232. The van der Waals surface area contributed by atoms with Gasteiger partial charge in [-0.05, 0) is 12.1 Å². The van der Waals surface area contributed by atoms with Crippen molar-refractivity contribution >= 4 is 17.6 Å². The van der Waals surface area contributed by atoms with Crippen LogP contribution in [0.5, 0.6) is 0 Å². The lowest BCUT2D eigenvalue weighted by Gasteiger charge is -2.17. The van der Waals surface area contributed by atoms with E-state index in [0.29, 0.717) is 6.07 Å². The number of hydrogen-bond acceptors (Lipinski definition) is 2. The summed E-state index contributed by atoms with van der Waals surface area (Å²) < 4.78 is 25.9. The van der Waals surface area contributed by atoms with E-state index in [1.165, 1.54) is 11.9 Å². The average molecular weight is 256 g/mol. The fourth-order valence-corrected chi connectivity index (χ4v) is 1.19. The third kappa shape index (κ3) is 4.00. The minimum atomic E-state index is -0.844. The van der Waals surface area contributed by atoms with E-state index < -0.39 is 17.7 Å². The maximum Gasteiger partial charge on any atom is 0.321 e. The fraction of sp³-hybridized carbons (Fsp3) is 0.273. The van der Waals surface area contributed by atoms with Crippen LogP contribution in [0.2, 0.25) is 0 Å². The van der Waals surface area contributed by atoms with E-state index in [-0.39, 0.29) is 24.5 Å². The molecule has 0 radical (unpaired) electrons. The molecule has 0 saturated carbocycles. The third-order valence-electron chi connectivity index (χ3n) is 2.24. The molecule has 5 nitrogen and oxygen atoms in total. The van der Waals surface area contributed by atoms with Crippen LogP contribution in [0.4, 0.5) is 19.3 Å². The number of carbonyl (C=O) groups excluding carboxylic acids is 1. The first kappa shape index (κ1) is 13.9. The molecule has 7 heteroatoms. The Balaban J connectivity index is 2.61. The second kappa shape index (κ2) is 5.95. The lowest BCUT2D eigenvalue weighted by atomic mass is 10.3. The zero-order chi connectivity index (χ0) is 13.7. The summed E-state index contributed by atoms with van der Waals surface area (Å²) in [6, 6.07) is 2.32. The number of halogens is 2. The Labute approximate surface area is 103 Å². The number of nitrogens with zero attached hydrogens (tertiary/aromatic N) is 1. The summed E-state index contributed by atoms with van der Waals surface area (Å²) in [7, 11) is 1.49. The van der Waals surface area contributed by atoms with Crippen molar-refractivity contribution in [1.29, 1.82) is 5.41 Å². The summed E-state index contributed by atoms with van der Waals surface area (Å²) in [5.74, 6) is -1.60. The second-order valence-electron chi connectivity index (χ2n) is 3.75. The number of rotatable bonds is 4. The van der Waals surface area contributed by atoms with E-state index in [1.54, 1.807) is 0 Å². The van der Waals surface area contributed by atoms with Gasteiger partial charge < -0.3 is 16.0 Å². The van der Waals surface area contributed by atoms with Gasteiger partial charge in [0.05, 0.1) is 11.5 Å². The van der Waals surface area contributed by atoms with Gasteiger partial charge in [-0.1, -0.05) is 0 Å². The fourth-order valence-electron chi connectivity index (χ4n) is 1.19. The van der Waals surface area contributed by atoms with Crippen molar-refractivity contribution in [3.8, 4) is 0 Å². The number of carbonyl (C=O) groups is 1. The number of nitrogens with one attached hydrogen (secondary N) is 2. The highest BCUT2D eigenvalue weighted by Crippen LogP contribution is 2.15. The van der Waals surface area contributed by atoms with Crippen LogP contribution in [-0.2, 0) is 0 Å². The van der Waals surface area contributed by atoms with Crippen LogP contribution in [-0.4, -0.2) is 30.4 Å². The molecule has 4 N–H and O–H groups in total. The minimum absolute atomic E-state index is 0.0392. The van der Waals surface area contributed by atoms with Gasteiger partial charge in [0.15, 0.2) is 0 Å². The van der Waals surface area contributed by atoms with E-state index >= 15 is 0 Å². The summed E-state index contributed by atoms with van der Waals surface area (Å²) in [5.41, 5.74) is 5.06. The molecule has 0 saturated heterocycles. The molecule has 0 aliphatic carbocycles. The number of hydrogen-bond donors (Lipinski definition) is 3. The average Bonchev–Trinajstić information content (AvgIpc) is 2.29. The van der Waals surface area contributed by atoms with E-state index in [0.717, 1.165) is 12.1 Å². The Bertz CT molecular complexity index is 464. The Morgan fingerprint density at radius 1 is 1.50 bits per heavy atom. The highest BCUT2D eigenvalue weighted by molar-refractivity contribution is 5.89. The predicted molar refractivity (Wildman–Crippen MR) is 64.5 cm³/mol. The highest BCUT2D eigenvalue weighted by atomic mass is 19.1.